The number of nitrogens with zero attached hydrogens (tertiary/aromatic N) is 1. The SMILES string of the molecule is CN(C)C(=O)N[C@@H](Nc1cccc2ccccc12)C(Cl)(Cl)Cl. The van der Waals surface area contributed by atoms with Crippen LogP contribution >= 0.6 is 34.8 Å². The number of alkyl halides is 3. The van der Waals surface area contributed by atoms with Crippen LogP contribution in [0.25, 0.3) is 10.8 Å². The standard InChI is InChI=1S/C15H16Cl3N3O/c1-21(2)14(22)20-13(15(16,17)18)19-12-9-5-7-10-6-3-4-8-11(10)12/h3-9,13,19H,1-2H3,(H,20,22)/t13-/m1/s1. The molecule has 0 saturated heterocycles. The quantitative estimate of drug-likeness (QED) is 0.636. The third kappa shape index (κ3) is 4.09. The monoisotopic (exact) mass is 359 g/mol. The molecule has 2 N–H and O–H groups in total. The summed E-state index contributed by atoms with van der Waals surface area (Å²) >= 11 is 18.0. The van der Waals surface area contributed by atoms with E-state index in [1.807, 2.05) is 42.5 Å². The molecule has 0 spiro atoms. The second-order valence-corrected chi connectivity index (χ2v) is 7.36. The van der Waals surface area contributed by atoms with Crippen LogP contribution in [0.2, 0.25) is 0 Å². The van der Waals surface area contributed by atoms with Gasteiger partial charge in [-0.1, -0.05) is 71.2 Å². The number of rotatable bonds is 3. The lowest BCUT2D eigenvalue weighted by Gasteiger charge is -2.29. The third-order valence-corrected chi connectivity index (χ3v) is 3.75. The van der Waals surface area contributed by atoms with Crippen LogP contribution in [-0.4, -0.2) is 35.0 Å². The van der Waals surface area contributed by atoms with Crippen molar-refractivity contribution >= 4 is 57.3 Å². The number of benzene rings is 2. The number of hydrogen-bond acceptors (Lipinski definition) is 2. The largest absolute Gasteiger partial charge is 0.361 e. The molecule has 0 heterocycles. The fourth-order valence-corrected chi connectivity index (χ4v) is 2.29. The summed E-state index contributed by atoms with van der Waals surface area (Å²) in [6.07, 6.45) is -0.877. The van der Waals surface area contributed by atoms with Gasteiger partial charge in [-0.15, -0.1) is 0 Å². The Kier molecular flexibility index (Phi) is 5.27. The van der Waals surface area contributed by atoms with Gasteiger partial charge in [0, 0.05) is 25.2 Å². The maximum Gasteiger partial charge on any atom is 0.318 e. The Morgan fingerprint density at radius 2 is 1.73 bits per heavy atom. The van der Waals surface area contributed by atoms with Crippen LogP contribution in [0.3, 0.4) is 0 Å². The molecule has 2 amide bonds. The van der Waals surface area contributed by atoms with Gasteiger partial charge in [-0.05, 0) is 11.5 Å². The Hall–Kier alpha value is -1.36. The number of carbonyl (C=O) groups excluding carboxylic acids is 1. The van der Waals surface area contributed by atoms with Crippen molar-refractivity contribution in [3.8, 4) is 0 Å². The van der Waals surface area contributed by atoms with Crippen molar-refractivity contribution in [1.82, 2.24) is 10.2 Å². The van der Waals surface area contributed by atoms with E-state index in [4.69, 9.17) is 34.8 Å². The lowest BCUT2D eigenvalue weighted by atomic mass is 10.1. The second kappa shape index (κ2) is 6.82. The summed E-state index contributed by atoms with van der Waals surface area (Å²) < 4.78 is -1.71. The molecule has 7 heteroatoms. The Morgan fingerprint density at radius 3 is 2.36 bits per heavy atom. The zero-order chi connectivity index (χ0) is 16.3. The van der Waals surface area contributed by atoms with Crippen molar-refractivity contribution in [1.29, 1.82) is 0 Å². The highest BCUT2D eigenvalue weighted by Gasteiger charge is 2.34. The average molecular weight is 361 g/mol. The summed E-state index contributed by atoms with van der Waals surface area (Å²) in [5.41, 5.74) is 0.772. The van der Waals surface area contributed by atoms with E-state index >= 15 is 0 Å². The number of nitrogens with one attached hydrogen (secondary N) is 2. The lowest BCUT2D eigenvalue weighted by Crippen LogP contribution is -2.52. The first kappa shape index (κ1) is 17.0. The summed E-state index contributed by atoms with van der Waals surface area (Å²) in [7, 11) is 3.23. The predicted molar refractivity (Wildman–Crippen MR) is 93.9 cm³/mol. The summed E-state index contributed by atoms with van der Waals surface area (Å²) in [5, 5.41) is 7.77. The van der Waals surface area contributed by atoms with E-state index < -0.39 is 9.96 Å². The molecular formula is C15H16Cl3N3O. The van der Waals surface area contributed by atoms with Gasteiger partial charge in [0.15, 0.2) is 0 Å². The molecule has 0 aliphatic heterocycles. The third-order valence-electron chi connectivity index (χ3n) is 3.09. The normalized spacial score (nSPS) is 12.8. The molecule has 0 saturated carbocycles. The van der Waals surface area contributed by atoms with Crippen molar-refractivity contribution in [3.63, 3.8) is 0 Å². The Labute approximate surface area is 144 Å². The summed E-state index contributed by atoms with van der Waals surface area (Å²) in [5.74, 6) is 0. The first-order valence-corrected chi connectivity index (χ1v) is 7.71. The number of carbonyl (C=O) groups is 1. The van der Waals surface area contributed by atoms with Crippen LogP contribution in [0.4, 0.5) is 10.5 Å². The molecule has 1 atom stereocenters. The number of hydrogen-bond donors (Lipinski definition) is 2. The minimum absolute atomic E-state index is 0.357. The van der Waals surface area contributed by atoms with Crippen LogP contribution in [0, 0.1) is 0 Å². The molecule has 0 bridgehead atoms. The number of fused-ring (bicyclic) bond motifs is 1. The van der Waals surface area contributed by atoms with E-state index in [1.54, 1.807) is 14.1 Å². The van der Waals surface area contributed by atoms with Gasteiger partial charge in [-0.2, -0.15) is 0 Å². The van der Waals surface area contributed by atoms with Crippen molar-refractivity contribution in [2.75, 3.05) is 19.4 Å². The van der Waals surface area contributed by atoms with E-state index in [0.717, 1.165) is 16.5 Å². The van der Waals surface area contributed by atoms with Crippen molar-refractivity contribution in [3.05, 3.63) is 42.5 Å². The molecule has 2 rings (SSSR count). The highest BCUT2D eigenvalue weighted by Crippen LogP contribution is 2.33. The van der Waals surface area contributed by atoms with E-state index in [2.05, 4.69) is 10.6 Å². The molecule has 2 aromatic rings. The highest BCUT2D eigenvalue weighted by atomic mass is 35.6. The number of anilines is 1. The smallest absolute Gasteiger partial charge is 0.318 e. The molecule has 0 aliphatic carbocycles. The minimum Gasteiger partial charge on any atom is -0.361 e. The van der Waals surface area contributed by atoms with Crippen LogP contribution in [0.1, 0.15) is 0 Å². The minimum atomic E-state index is -1.71. The maximum absolute atomic E-state index is 11.9. The van der Waals surface area contributed by atoms with E-state index in [1.165, 1.54) is 4.90 Å². The zero-order valence-corrected chi connectivity index (χ0v) is 14.4. The van der Waals surface area contributed by atoms with Gasteiger partial charge in [-0.3, -0.25) is 0 Å². The van der Waals surface area contributed by atoms with Crippen LogP contribution < -0.4 is 10.6 Å². The van der Waals surface area contributed by atoms with Gasteiger partial charge in [0.25, 0.3) is 0 Å². The topological polar surface area (TPSA) is 44.4 Å². The van der Waals surface area contributed by atoms with Crippen LogP contribution in [-0.2, 0) is 0 Å². The van der Waals surface area contributed by atoms with Crippen molar-refractivity contribution in [2.24, 2.45) is 0 Å². The zero-order valence-electron chi connectivity index (χ0n) is 12.1. The summed E-state index contributed by atoms with van der Waals surface area (Å²) in [6, 6.07) is 13.2. The van der Waals surface area contributed by atoms with Crippen molar-refractivity contribution < 1.29 is 4.79 Å². The van der Waals surface area contributed by atoms with Crippen LogP contribution in [0.15, 0.2) is 42.5 Å². The lowest BCUT2D eigenvalue weighted by molar-refractivity contribution is 0.214. The molecule has 4 nitrogen and oxygen atoms in total. The van der Waals surface area contributed by atoms with Crippen molar-refractivity contribution in [2.45, 2.75) is 9.96 Å². The highest BCUT2D eigenvalue weighted by molar-refractivity contribution is 6.68. The predicted octanol–water partition coefficient (Wildman–Crippen LogP) is 4.22. The molecule has 22 heavy (non-hydrogen) atoms. The molecular weight excluding hydrogens is 345 g/mol. The van der Waals surface area contributed by atoms with Crippen LogP contribution in [0.5, 0.6) is 0 Å². The first-order chi connectivity index (χ1) is 10.3. The van der Waals surface area contributed by atoms with E-state index in [0.29, 0.717) is 0 Å². The molecule has 0 fully saturated rings. The summed E-state index contributed by atoms with van der Waals surface area (Å²) in [4.78, 5) is 13.2. The van der Waals surface area contributed by atoms with E-state index in [-0.39, 0.29) is 6.03 Å². The second-order valence-electron chi connectivity index (χ2n) is 4.99. The fraction of sp³-hybridized carbons (Fsp3) is 0.267. The Balaban J connectivity index is 2.31. The number of urea groups is 1. The van der Waals surface area contributed by atoms with E-state index in [9.17, 15) is 4.79 Å². The van der Waals surface area contributed by atoms with Gasteiger partial charge >= 0.3 is 6.03 Å². The number of amides is 2. The van der Waals surface area contributed by atoms with Gasteiger partial charge in [0.2, 0.25) is 3.79 Å². The van der Waals surface area contributed by atoms with Gasteiger partial charge in [0.05, 0.1) is 0 Å². The molecule has 0 unspecified atom stereocenters. The Bertz CT molecular complexity index is 665. The molecule has 2 aromatic carbocycles. The summed E-state index contributed by atoms with van der Waals surface area (Å²) in [6.45, 7) is 0. The maximum atomic E-state index is 11.9. The molecule has 0 aliphatic rings. The van der Waals surface area contributed by atoms with Gasteiger partial charge < -0.3 is 15.5 Å². The number of halogens is 3. The van der Waals surface area contributed by atoms with Gasteiger partial charge in [0.1, 0.15) is 6.17 Å². The molecule has 118 valence electrons. The molecule has 0 radical (unpaired) electrons. The van der Waals surface area contributed by atoms with Gasteiger partial charge in [-0.25, -0.2) is 4.79 Å². The average Bonchev–Trinajstić information content (AvgIpc) is 2.45. The Morgan fingerprint density at radius 1 is 1.09 bits per heavy atom. The first-order valence-electron chi connectivity index (χ1n) is 6.58. The fourth-order valence-electron chi connectivity index (χ4n) is 1.96. The molecule has 0 aromatic heterocycles.